The molecule has 1 N–H and O–H groups in total. The number of hydrogen-bond acceptors (Lipinski definition) is 2. The first-order valence-electron chi connectivity index (χ1n) is 6.88. The van der Waals surface area contributed by atoms with Gasteiger partial charge in [0.25, 0.3) is 0 Å². The van der Waals surface area contributed by atoms with E-state index in [1.54, 1.807) is 18.2 Å². The number of carbonyl (C=O) groups excluding carboxylic acids is 1. The van der Waals surface area contributed by atoms with Crippen LogP contribution in [0.5, 0.6) is 0 Å². The fraction of sp³-hybridized carbons (Fsp3) is 0.438. The van der Waals surface area contributed by atoms with Gasteiger partial charge >= 0.3 is 0 Å². The van der Waals surface area contributed by atoms with Crippen molar-refractivity contribution in [1.29, 1.82) is 0 Å². The van der Waals surface area contributed by atoms with Gasteiger partial charge in [0.1, 0.15) is 5.82 Å². The first kappa shape index (κ1) is 17.7. The molecule has 0 aliphatic rings. The topological polar surface area (TPSA) is 32.3 Å². The van der Waals surface area contributed by atoms with E-state index in [1.165, 1.54) is 12.1 Å². The molecular formula is C16H22ClFN2O. The van der Waals surface area contributed by atoms with Crippen molar-refractivity contribution in [1.82, 2.24) is 10.2 Å². The highest BCUT2D eigenvalue weighted by Gasteiger charge is 2.20. The Hall–Kier alpha value is -1.39. The van der Waals surface area contributed by atoms with Crippen molar-refractivity contribution in [3.8, 4) is 0 Å². The number of amides is 1. The predicted octanol–water partition coefficient (Wildman–Crippen LogP) is 3.41. The summed E-state index contributed by atoms with van der Waals surface area (Å²) in [4.78, 5) is 13.9. The third-order valence-electron chi connectivity index (χ3n) is 3.00. The third kappa shape index (κ3) is 5.86. The van der Waals surface area contributed by atoms with Gasteiger partial charge in [-0.1, -0.05) is 37.6 Å². The molecule has 1 amide bonds. The summed E-state index contributed by atoms with van der Waals surface area (Å²) >= 11 is 5.76. The third-order valence-corrected chi connectivity index (χ3v) is 3.24. The van der Waals surface area contributed by atoms with Gasteiger partial charge in [0, 0.05) is 23.2 Å². The second-order valence-corrected chi connectivity index (χ2v) is 6.00. The number of carbonyl (C=O) groups is 1. The number of halogens is 2. The summed E-state index contributed by atoms with van der Waals surface area (Å²) < 4.78 is 14.0. The molecule has 5 heteroatoms. The minimum absolute atomic E-state index is 0.0619. The zero-order valence-electron chi connectivity index (χ0n) is 12.9. The zero-order chi connectivity index (χ0) is 16.0. The van der Waals surface area contributed by atoms with Gasteiger partial charge in [-0.3, -0.25) is 4.79 Å². The first-order valence-corrected chi connectivity index (χ1v) is 7.25. The Morgan fingerprint density at radius 2 is 2.10 bits per heavy atom. The summed E-state index contributed by atoms with van der Waals surface area (Å²) in [5, 5.41) is 3.18. The molecule has 1 aromatic rings. The van der Waals surface area contributed by atoms with Crippen molar-refractivity contribution in [3.05, 3.63) is 46.8 Å². The maximum atomic E-state index is 14.0. The van der Waals surface area contributed by atoms with E-state index in [2.05, 4.69) is 5.32 Å². The predicted molar refractivity (Wildman–Crippen MR) is 84.8 cm³/mol. The van der Waals surface area contributed by atoms with E-state index in [1.807, 2.05) is 32.8 Å². The van der Waals surface area contributed by atoms with Crippen LogP contribution in [0.15, 0.2) is 30.4 Å². The first-order chi connectivity index (χ1) is 9.81. The van der Waals surface area contributed by atoms with Gasteiger partial charge in [0.2, 0.25) is 5.91 Å². The smallest absolute Gasteiger partial charge is 0.244 e. The molecule has 0 aromatic heterocycles. The summed E-state index contributed by atoms with van der Waals surface area (Å²) in [5.74, 6) is -0.574. The van der Waals surface area contributed by atoms with Crippen LogP contribution in [-0.4, -0.2) is 31.4 Å². The molecule has 0 heterocycles. The summed E-state index contributed by atoms with van der Waals surface area (Å²) in [6.07, 6.45) is 3.24. The Morgan fingerprint density at radius 3 is 2.62 bits per heavy atom. The van der Waals surface area contributed by atoms with Crippen molar-refractivity contribution >= 4 is 17.5 Å². The average Bonchev–Trinajstić information content (AvgIpc) is 2.36. The molecule has 0 aliphatic carbocycles. The molecule has 0 saturated heterocycles. The molecule has 1 aromatic carbocycles. The average molecular weight is 313 g/mol. The molecule has 3 nitrogen and oxygen atoms in total. The summed E-state index contributed by atoms with van der Waals surface area (Å²) in [6, 6.07) is 4.12. The van der Waals surface area contributed by atoms with Crippen LogP contribution in [0.1, 0.15) is 25.5 Å². The van der Waals surface area contributed by atoms with Gasteiger partial charge in [-0.15, -0.1) is 0 Å². The lowest BCUT2D eigenvalue weighted by Gasteiger charge is -2.23. The lowest BCUT2D eigenvalue weighted by molar-refractivity contribution is -0.117. The Labute approximate surface area is 130 Å². The highest BCUT2D eigenvalue weighted by molar-refractivity contribution is 6.30. The number of hydrogen-bond donors (Lipinski definition) is 1. The molecule has 1 rings (SSSR count). The van der Waals surface area contributed by atoms with Crippen LogP contribution < -0.4 is 5.32 Å². The van der Waals surface area contributed by atoms with Crippen molar-refractivity contribution in [2.45, 2.75) is 19.9 Å². The number of benzene rings is 1. The lowest BCUT2D eigenvalue weighted by atomic mass is 9.95. The van der Waals surface area contributed by atoms with Crippen LogP contribution in [0.25, 0.3) is 0 Å². The Kier molecular flexibility index (Phi) is 6.85. The molecule has 0 radical (unpaired) electrons. The molecule has 1 atom stereocenters. The van der Waals surface area contributed by atoms with Gasteiger partial charge in [0.15, 0.2) is 0 Å². The van der Waals surface area contributed by atoms with Crippen molar-refractivity contribution in [2.24, 2.45) is 5.92 Å². The molecular weight excluding hydrogens is 291 g/mol. The van der Waals surface area contributed by atoms with Gasteiger partial charge < -0.3 is 10.2 Å². The minimum Gasteiger partial charge on any atom is -0.345 e. The van der Waals surface area contributed by atoms with Crippen LogP contribution in [0.3, 0.4) is 0 Å². The van der Waals surface area contributed by atoms with Gasteiger partial charge in [0.05, 0.1) is 6.04 Å². The minimum atomic E-state index is -0.404. The second-order valence-electron chi connectivity index (χ2n) is 5.56. The quantitative estimate of drug-likeness (QED) is 0.816. The van der Waals surface area contributed by atoms with E-state index in [4.69, 9.17) is 11.6 Å². The zero-order valence-corrected chi connectivity index (χ0v) is 13.6. The summed E-state index contributed by atoms with van der Waals surface area (Å²) in [6.45, 7) is 4.54. The fourth-order valence-corrected chi connectivity index (χ4v) is 2.09. The van der Waals surface area contributed by atoms with E-state index in [-0.39, 0.29) is 11.8 Å². The monoisotopic (exact) mass is 312 g/mol. The fourth-order valence-electron chi connectivity index (χ4n) is 1.93. The maximum absolute atomic E-state index is 14.0. The summed E-state index contributed by atoms with van der Waals surface area (Å²) in [5.41, 5.74) is 0.448. The molecule has 1 unspecified atom stereocenters. The Morgan fingerprint density at radius 1 is 1.43 bits per heavy atom. The molecule has 0 fully saturated rings. The molecule has 0 spiro atoms. The van der Waals surface area contributed by atoms with Gasteiger partial charge in [-0.05, 0) is 32.1 Å². The number of rotatable bonds is 6. The van der Waals surface area contributed by atoms with Crippen LogP contribution in [0, 0.1) is 11.7 Å². The maximum Gasteiger partial charge on any atom is 0.244 e. The van der Waals surface area contributed by atoms with E-state index in [0.717, 1.165) is 0 Å². The van der Waals surface area contributed by atoms with Gasteiger partial charge in [-0.2, -0.15) is 0 Å². The Balaban J connectivity index is 2.83. The number of nitrogens with one attached hydrogen (secondary N) is 1. The largest absolute Gasteiger partial charge is 0.345 e. The number of nitrogens with zero attached hydrogens (tertiary/aromatic N) is 1. The highest BCUT2D eigenvalue weighted by Crippen LogP contribution is 2.26. The Bertz CT molecular complexity index is 515. The van der Waals surface area contributed by atoms with Gasteiger partial charge in [-0.25, -0.2) is 4.39 Å². The van der Waals surface area contributed by atoms with Crippen LogP contribution >= 0.6 is 11.6 Å². The molecule has 0 aliphatic heterocycles. The SMILES string of the molecule is CC(C)C(NC(=O)/C=C/CN(C)C)c1ccc(Cl)cc1F. The molecule has 21 heavy (non-hydrogen) atoms. The van der Waals surface area contributed by atoms with E-state index < -0.39 is 11.9 Å². The van der Waals surface area contributed by atoms with Crippen molar-refractivity contribution in [2.75, 3.05) is 20.6 Å². The lowest BCUT2D eigenvalue weighted by Crippen LogP contribution is -2.31. The van der Waals surface area contributed by atoms with E-state index in [0.29, 0.717) is 17.1 Å². The molecule has 0 bridgehead atoms. The highest BCUT2D eigenvalue weighted by atomic mass is 35.5. The van der Waals surface area contributed by atoms with E-state index >= 15 is 0 Å². The number of likely N-dealkylation sites (N-methyl/N-ethyl adjacent to an activating group) is 1. The summed E-state index contributed by atoms with van der Waals surface area (Å²) in [7, 11) is 3.84. The second kappa shape index (κ2) is 8.15. The molecule has 0 saturated carbocycles. The van der Waals surface area contributed by atoms with E-state index in [9.17, 15) is 9.18 Å². The molecule has 116 valence electrons. The van der Waals surface area contributed by atoms with Crippen molar-refractivity contribution in [3.63, 3.8) is 0 Å². The van der Waals surface area contributed by atoms with Crippen LogP contribution in [-0.2, 0) is 4.79 Å². The normalized spacial score (nSPS) is 13.1. The van der Waals surface area contributed by atoms with Crippen molar-refractivity contribution < 1.29 is 9.18 Å². The van der Waals surface area contributed by atoms with Crippen LogP contribution in [0.2, 0.25) is 5.02 Å². The standard InChI is InChI=1S/C16H22ClFN2O/c1-11(2)16(13-8-7-12(17)10-14(13)18)19-15(21)6-5-9-20(3)4/h5-8,10-11,16H,9H2,1-4H3,(H,19,21)/b6-5+. The van der Waals surface area contributed by atoms with Crippen LogP contribution in [0.4, 0.5) is 4.39 Å².